The minimum atomic E-state index is 0.0937. The maximum absolute atomic E-state index is 6.87. The molecular weight excluding hydrogens is 685 g/mol. The van der Waals surface area contributed by atoms with E-state index in [-0.39, 0.29) is 12.0 Å². The van der Waals surface area contributed by atoms with Crippen LogP contribution in [-0.2, 0) is 0 Å². The lowest BCUT2D eigenvalue weighted by atomic mass is 9.82. The second-order valence-electron chi connectivity index (χ2n) is 14.4. The quantitative estimate of drug-likeness (QED) is 0.171. The van der Waals surface area contributed by atoms with Gasteiger partial charge in [0.15, 0.2) is 17.5 Å². The molecule has 9 aromatic rings. The number of hydrogen-bond donors (Lipinski definition) is 0. The molecule has 2 atom stereocenters. The molecule has 2 aliphatic rings. The predicted molar refractivity (Wildman–Crippen MR) is 226 cm³/mol. The highest BCUT2D eigenvalue weighted by Gasteiger charge is 2.43. The monoisotopic (exact) mass is 718 g/mol. The van der Waals surface area contributed by atoms with E-state index in [9.17, 15) is 0 Å². The standard InChI is InChI=1S/C51H34N4O/c1-4-14-33(15-5-1)35-26-28-36(29-27-35)49-52-50(38-19-12-18-37(32-38)34-16-6-2-7-17-34)54-51(53-49)42-24-13-23-41-47-45(56-48(41)42)31-30-44-46(47)40-22-10-11-25-43(40)55(44)39-20-8-3-9-21-39/h1-32,44,46H. The summed E-state index contributed by atoms with van der Waals surface area (Å²) < 4.78 is 6.87. The van der Waals surface area contributed by atoms with Crippen molar-refractivity contribution >= 4 is 28.4 Å². The highest BCUT2D eigenvalue weighted by Crippen LogP contribution is 2.54. The van der Waals surface area contributed by atoms with Crippen molar-refractivity contribution < 1.29 is 4.42 Å². The molecule has 1 aliphatic carbocycles. The molecule has 264 valence electrons. The van der Waals surface area contributed by atoms with E-state index >= 15 is 0 Å². The Bertz CT molecular complexity index is 2920. The molecule has 0 bridgehead atoms. The summed E-state index contributed by atoms with van der Waals surface area (Å²) in [7, 11) is 0. The Hall–Kier alpha value is -7.37. The first-order valence-corrected chi connectivity index (χ1v) is 19.0. The van der Waals surface area contributed by atoms with E-state index < -0.39 is 0 Å². The third-order valence-corrected chi connectivity index (χ3v) is 11.1. The number of benzene rings is 7. The van der Waals surface area contributed by atoms with E-state index in [0.29, 0.717) is 17.5 Å². The van der Waals surface area contributed by atoms with Gasteiger partial charge in [0.2, 0.25) is 0 Å². The zero-order valence-electron chi connectivity index (χ0n) is 30.3. The lowest BCUT2D eigenvalue weighted by Gasteiger charge is -2.30. The summed E-state index contributed by atoms with van der Waals surface area (Å²) in [5.74, 6) is 2.74. The highest BCUT2D eigenvalue weighted by atomic mass is 16.3. The summed E-state index contributed by atoms with van der Waals surface area (Å²) in [5.41, 5.74) is 12.9. The van der Waals surface area contributed by atoms with Crippen LogP contribution in [0.4, 0.5) is 11.4 Å². The Labute approximate surface area is 324 Å². The van der Waals surface area contributed by atoms with Gasteiger partial charge in [-0.2, -0.15) is 0 Å². The van der Waals surface area contributed by atoms with Gasteiger partial charge in [-0.25, -0.2) is 15.0 Å². The van der Waals surface area contributed by atoms with Crippen LogP contribution in [0.2, 0.25) is 0 Å². The van der Waals surface area contributed by atoms with Crippen molar-refractivity contribution in [1.82, 2.24) is 15.0 Å². The maximum atomic E-state index is 6.87. The van der Waals surface area contributed by atoms with Gasteiger partial charge in [-0.15, -0.1) is 0 Å². The average Bonchev–Trinajstić information content (AvgIpc) is 3.83. The van der Waals surface area contributed by atoms with Gasteiger partial charge in [-0.05, 0) is 64.2 Å². The Kier molecular flexibility index (Phi) is 7.56. The fraction of sp³-hybridized carbons (Fsp3) is 0.0392. The summed E-state index contributed by atoms with van der Waals surface area (Å²) >= 11 is 0. The van der Waals surface area contributed by atoms with Crippen LogP contribution in [-0.4, -0.2) is 21.0 Å². The Balaban J connectivity index is 1.07. The Morgan fingerprint density at radius 1 is 0.464 bits per heavy atom. The molecule has 56 heavy (non-hydrogen) atoms. The molecular formula is C51H34N4O. The van der Waals surface area contributed by atoms with Gasteiger partial charge in [0.25, 0.3) is 0 Å². The fourth-order valence-corrected chi connectivity index (χ4v) is 8.52. The van der Waals surface area contributed by atoms with E-state index in [2.05, 4.69) is 187 Å². The van der Waals surface area contributed by atoms with Crippen LogP contribution in [0.3, 0.4) is 0 Å². The van der Waals surface area contributed by atoms with Crippen LogP contribution < -0.4 is 4.90 Å². The molecule has 3 heterocycles. The number of furan rings is 1. The van der Waals surface area contributed by atoms with E-state index in [1.165, 1.54) is 22.5 Å². The van der Waals surface area contributed by atoms with Crippen LogP contribution in [0.25, 0.3) is 73.5 Å². The van der Waals surface area contributed by atoms with Crippen molar-refractivity contribution in [2.75, 3.05) is 4.90 Å². The predicted octanol–water partition coefficient (Wildman–Crippen LogP) is 12.6. The summed E-state index contributed by atoms with van der Waals surface area (Å²) in [4.78, 5) is 18.0. The van der Waals surface area contributed by atoms with Gasteiger partial charge in [0.05, 0.1) is 11.6 Å². The van der Waals surface area contributed by atoms with E-state index in [1.807, 2.05) is 12.1 Å². The molecule has 0 amide bonds. The number of rotatable bonds is 6. The Morgan fingerprint density at radius 2 is 1.04 bits per heavy atom. The molecule has 0 saturated carbocycles. The Morgan fingerprint density at radius 3 is 1.80 bits per heavy atom. The largest absolute Gasteiger partial charge is 0.456 e. The summed E-state index contributed by atoms with van der Waals surface area (Å²) in [6.45, 7) is 0. The molecule has 7 aromatic carbocycles. The molecule has 0 saturated heterocycles. The number of para-hydroxylation sites is 3. The van der Waals surface area contributed by atoms with Gasteiger partial charge in [-0.3, -0.25) is 0 Å². The van der Waals surface area contributed by atoms with Gasteiger partial charge in [-0.1, -0.05) is 158 Å². The third-order valence-electron chi connectivity index (χ3n) is 11.1. The molecule has 1 aliphatic heterocycles. The molecule has 2 aromatic heterocycles. The minimum absolute atomic E-state index is 0.0937. The first-order valence-electron chi connectivity index (χ1n) is 19.0. The van der Waals surface area contributed by atoms with Gasteiger partial charge in [0, 0.05) is 39.4 Å². The van der Waals surface area contributed by atoms with E-state index in [1.54, 1.807) is 0 Å². The zero-order valence-corrected chi connectivity index (χ0v) is 30.3. The molecule has 0 radical (unpaired) electrons. The summed E-state index contributed by atoms with van der Waals surface area (Å²) in [6, 6.07) is 63.6. The molecule has 0 fully saturated rings. The van der Waals surface area contributed by atoms with Crippen LogP contribution in [0.15, 0.2) is 192 Å². The summed E-state index contributed by atoms with van der Waals surface area (Å²) in [6.07, 6.45) is 4.44. The molecule has 2 unspecified atom stereocenters. The highest BCUT2D eigenvalue weighted by molar-refractivity contribution is 5.97. The number of hydrogen-bond acceptors (Lipinski definition) is 5. The van der Waals surface area contributed by atoms with E-state index in [0.717, 1.165) is 55.7 Å². The third kappa shape index (κ3) is 5.36. The van der Waals surface area contributed by atoms with Gasteiger partial charge in [0.1, 0.15) is 11.3 Å². The summed E-state index contributed by atoms with van der Waals surface area (Å²) in [5, 5.41) is 1.07. The number of aromatic nitrogens is 3. The van der Waals surface area contributed by atoms with Gasteiger partial charge < -0.3 is 9.32 Å². The second-order valence-corrected chi connectivity index (χ2v) is 14.4. The van der Waals surface area contributed by atoms with Crippen molar-refractivity contribution in [2.45, 2.75) is 12.0 Å². The SMILES string of the molecule is C1=CC2C(c3ccccc3N2c2ccccc2)c2c1oc1c(-c3nc(-c4ccc(-c5ccccc5)cc4)nc(-c4cccc(-c5ccccc5)c4)n3)cccc21. The van der Waals surface area contributed by atoms with Crippen molar-refractivity contribution in [3.05, 3.63) is 205 Å². The maximum Gasteiger partial charge on any atom is 0.167 e. The van der Waals surface area contributed by atoms with Crippen molar-refractivity contribution in [1.29, 1.82) is 0 Å². The first kappa shape index (κ1) is 32.1. The van der Waals surface area contributed by atoms with Crippen molar-refractivity contribution in [3.63, 3.8) is 0 Å². The second kappa shape index (κ2) is 13.2. The minimum Gasteiger partial charge on any atom is -0.456 e. The normalized spacial score (nSPS) is 15.4. The molecule has 0 N–H and O–H groups in total. The number of nitrogens with zero attached hydrogens (tertiary/aromatic N) is 4. The molecule has 5 heteroatoms. The zero-order chi connectivity index (χ0) is 37.0. The molecule has 11 rings (SSSR count). The topological polar surface area (TPSA) is 55.1 Å². The van der Waals surface area contributed by atoms with Crippen LogP contribution in [0.5, 0.6) is 0 Å². The number of fused-ring (bicyclic) bond motifs is 7. The smallest absolute Gasteiger partial charge is 0.167 e. The fourth-order valence-electron chi connectivity index (χ4n) is 8.52. The number of anilines is 2. The molecule has 5 nitrogen and oxygen atoms in total. The lowest BCUT2D eigenvalue weighted by Crippen LogP contribution is -2.30. The van der Waals surface area contributed by atoms with Crippen LogP contribution in [0.1, 0.15) is 22.8 Å². The van der Waals surface area contributed by atoms with E-state index in [4.69, 9.17) is 19.4 Å². The average molecular weight is 719 g/mol. The van der Waals surface area contributed by atoms with Crippen LogP contribution >= 0.6 is 0 Å². The van der Waals surface area contributed by atoms with Crippen molar-refractivity contribution in [3.8, 4) is 56.4 Å². The van der Waals surface area contributed by atoms with Crippen molar-refractivity contribution in [2.24, 2.45) is 0 Å². The van der Waals surface area contributed by atoms with Gasteiger partial charge >= 0.3 is 0 Å². The first-order chi connectivity index (χ1) is 27.8. The lowest BCUT2D eigenvalue weighted by molar-refractivity contribution is 0.584. The molecule has 0 spiro atoms. The van der Waals surface area contributed by atoms with Crippen LogP contribution in [0, 0.1) is 0 Å².